The first-order valence-electron chi connectivity index (χ1n) is 19.9. The van der Waals surface area contributed by atoms with Crippen molar-refractivity contribution in [2.45, 2.75) is 90.4 Å². The molecule has 4 aromatic rings. The zero-order valence-electron chi connectivity index (χ0n) is 33.1. The molecule has 4 N–H and O–H groups in total. The Bertz CT molecular complexity index is 2000. The van der Waals surface area contributed by atoms with E-state index in [0.29, 0.717) is 12.0 Å². The quantitative estimate of drug-likeness (QED) is 0.0166. The highest BCUT2D eigenvalue weighted by Gasteiger charge is 2.20. The van der Waals surface area contributed by atoms with Crippen LogP contribution >= 0.6 is 0 Å². The van der Waals surface area contributed by atoms with Gasteiger partial charge in [-0.25, -0.2) is 9.59 Å². The molecule has 58 heavy (non-hydrogen) atoms. The predicted molar refractivity (Wildman–Crippen MR) is 221 cm³/mol. The number of hydrogen-bond donors (Lipinski definition) is 4. The highest BCUT2D eigenvalue weighted by Crippen LogP contribution is 2.34. The molecule has 0 fully saturated rings. The second-order valence-corrected chi connectivity index (χ2v) is 13.7. The molecule has 0 atom stereocenters. The minimum Gasteiger partial charge on any atom is -0.504 e. The molecule has 0 unspecified atom stereocenters. The van der Waals surface area contributed by atoms with Crippen LogP contribution in [0, 0.1) is 0 Å². The number of hydrogen-bond acceptors (Lipinski definition) is 11. The van der Waals surface area contributed by atoms with Crippen LogP contribution < -0.4 is 18.9 Å². The first-order valence-corrected chi connectivity index (χ1v) is 19.9. The number of carbonyl (C=O) groups is 3. The van der Waals surface area contributed by atoms with Gasteiger partial charge < -0.3 is 39.4 Å². The summed E-state index contributed by atoms with van der Waals surface area (Å²) in [5.41, 5.74) is 0.163. The molecular weight excluding hydrogens is 741 g/mol. The first kappa shape index (κ1) is 44.5. The van der Waals surface area contributed by atoms with Crippen LogP contribution in [0.15, 0.2) is 103 Å². The molecule has 0 amide bonds. The van der Waals surface area contributed by atoms with Crippen LogP contribution in [-0.2, 0) is 11.2 Å². The van der Waals surface area contributed by atoms with E-state index < -0.39 is 34.9 Å². The second kappa shape index (κ2) is 24.4. The number of phenolic OH excluding ortho intramolecular Hbond substituents is 4. The molecule has 0 aliphatic heterocycles. The summed E-state index contributed by atoms with van der Waals surface area (Å²) in [7, 11) is 0. The lowest BCUT2D eigenvalue weighted by Gasteiger charge is -2.15. The molecule has 0 saturated heterocycles. The molecule has 0 saturated carbocycles. The monoisotopic (exact) mass is 794 g/mol. The number of benzene rings is 4. The van der Waals surface area contributed by atoms with Gasteiger partial charge in [-0.05, 0) is 92.6 Å². The highest BCUT2D eigenvalue weighted by atomic mass is 16.6. The number of allylic oxidation sites excluding steroid dienone is 4. The largest absolute Gasteiger partial charge is 0.504 e. The second-order valence-electron chi connectivity index (χ2n) is 13.7. The molecule has 11 nitrogen and oxygen atoms in total. The molecule has 0 spiro atoms. The molecular formula is C47H54O11. The zero-order valence-corrected chi connectivity index (χ0v) is 33.1. The van der Waals surface area contributed by atoms with E-state index in [1.54, 1.807) is 30.3 Å². The van der Waals surface area contributed by atoms with Gasteiger partial charge in [0, 0.05) is 12.8 Å². The van der Waals surface area contributed by atoms with Gasteiger partial charge in [-0.15, -0.1) is 0 Å². The van der Waals surface area contributed by atoms with Crippen molar-refractivity contribution in [3.05, 3.63) is 120 Å². The molecule has 0 bridgehead atoms. The number of rotatable bonds is 25. The number of Topliss-reactive ketones (excluding diaryl/α,β-unsaturated/α-hetero) is 1. The summed E-state index contributed by atoms with van der Waals surface area (Å²) in [4.78, 5) is 38.7. The number of ketones is 1. The van der Waals surface area contributed by atoms with Crippen LogP contribution in [0.4, 0.5) is 0 Å². The third kappa shape index (κ3) is 14.7. The lowest BCUT2D eigenvalue weighted by Crippen LogP contribution is -2.14. The van der Waals surface area contributed by atoms with Crippen molar-refractivity contribution >= 4 is 17.7 Å². The summed E-state index contributed by atoms with van der Waals surface area (Å²) < 4.78 is 22.8. The lowest BCUT2D eigenvalue weighted by atomic mass is 10.0. The van der Waals surface area contributed by atoms with Gasteiger partial charge in [-0.3, -0.25) is 4.79 Å². The van der Waals surface area contributed by atoms with Crippen molar-refractivity contribution in [3.8, 4) is 46.0 Å². The summed E-state index contributed by atoms with van der Waals surface area (Å²) in [5.74, 6) is -3.57. The molecule has 4 aromatic carbocycles. The Morgan fingerprint density at radius 3 is 1.71 bits per heavy atom. The fraction of sp³-hybridized carbons (Fsp3) is 0.340. The van der Waals surface area contributed by atoms with E-state index in [9.17, 15) is 34.8 Å². The van der Waals surface area contributed by atoms with Gasteiger partial charge in [0.15, 0.2) is 46.0 Å². The van der Waals surface area contributed by atoms with Gasteiger partial charge in [-0.1, -0.05) is 93.7 Å². The predicted octanol–water partition coefficient (Wildman–Crippen LogP) is 10.3. The van der Waals surface area contributed by atoms with Crippen molar-refractivity contribution in [3.63, 3.8) is 0 Å². The van der Waals surface area contributed by atoms with Crippen LogP contribution in [0.25, 0.3) is 0 Å². The van der Waals surface area contributed by atoms with E-state index in [0.717, 1.165) is 51.4 Å². The Kier molecular flexibility index (Phi) is 18.7. The SMILES string of the molecule is CCCCC/C=C\C/C=C\CCCCCCCC(=O)Cc1ccc(OC(=O)c2cccc(O)c2O)c(OCCOc2ccccc2OC(=O)c2cccc(O)c2O)c1. The van der Waals surface area contributed by atoms with Gasteiger partial charge >= 0.3 is 11.9 Å². The third-order valence-electron chi connectivity index (χ3n) is 9.14. The van der Waals surface area contributed by atoms with E-state index in [-0.39, 0.29) is 59.5 Å². The summed E-state index contributed by atoms with van der Waals surface area (Å²) >= 11 is 0. The molecule has 11 heteroatoms. The van der Waals surface area contributed by atoms with E-state index in [1.165, 1.54) is 67.8 Å². The van der Waals surface area contributed by atoms with Crippen LogP contribution in [0.3, 0.4) is 0 Å². The maximum atomic E-state index is 13.0. The van der Waals surface area contributed by atoms with Gasteiger partial charge in [0.25, 0.3) is 0 Å². The van der Waals surface area contributed by atoms with Gasteiger partial charge in [-0.2, -0.15) is 0 Å². The maximum Gasteiger partial charge on any atom is 0.347 e. The Balaban J connectivity index is 1.29. The van der Waals surface area contributed by atoms with Crippen LogP contribution in [0.2, 0.25) is 0 Å². The van der Waals surface area contributed by atoms with Crippen molar-refractivity contribution in [2.24, 2.45) is 0 Å². The van der Waals surface area contributed by atoms with Crippen LogP contribution in [-0.4, -0.2) is 51.4 Å². The molecule has 0 radical (unpaired) electrons. The van der Waals surface area contributed by atoms with Gasteiger partial charge in [0.05, 0.1) is 0 Å². The lowest BCUT2D eigenvalue weighted by molar-refractivity contribution is -0.118. The number of esters is 2. The molecule has 308 valence electrons. The van der Waals surface area contributed by atoms with Crippen molar-refractivity contribution in [1.82, 2.24) is 0 Å². The molecule has 0 aliphatic rings. The maximum absolute atomic E-state index is 13.0. The van der Waals surface area contributed by atoms with Crippen molar-refractivity contribution < 1.29 is 53.8 Å². The molecule has 0 aromatic heterocycles. The van der Waals surface area contributed by atoms with Gasteiger partial charge in [0.2, 0.25) is 0 Å². The number of carbonyl (C=O) groups excluding carboxylic acids is 3. The highest BCUT2D eigenvalue weighted by molar-refractivity contribution is 5.95. The Morgan fingerprint density at radius 2 is 1.09 bits per heavy atom. The van der Waals surface area contributed by atoms with E-state index >= 15 is 0 Å². The fourth-order valence-electron chi connectivity index (χ4n) is 5.97. The summed E-state index contributed by atoms with van der Waals surface area (Å²) in [6.45, 7) is 2.09. The Morgan fingerprint density at radius 1 is 0.552 bits per heavy atom. The summed E-state index contributed by atoms with van der Waals surface area (Å²) in [6, 6.07) is 19.0. The average Bonchev–Trinajstić information content (AvgIpc) is 3.21. The number of para-hydroxylation sites is 4. The van der Waals surface area contributed by atoms with Crippen LogP contribution in [0.5, 0.6) is 46.0 Å². The van der Waals surface area contributed by atoms with E-state index in [4.69, 9.17) is 18.9 Å². The van der Waals surface area contributed by atoms with Crippen molar-refractivity contribution in [1.29, 1.82) is 0 Å². The average molecular weight is 795 g/mol. The topological polar surface area (TPSA) is 169 Å². The first-order chi connectivity index (χ1) is 28.2. The smallest absolute Gasteiger partial charge is 0.347 e. The number of phenols is 4. The standard InChI is InChI=1S/C47H54O11/c1-2-3-4-5-6-7-8-9-10-11-12-13-14-15-16-21-35(48)32-34-28-29-42(58-47(54)37-23-20-25-39(50)45(37)52)43(33-34)56-31-30-55-40-26-17-18-27-41(40)57-46(53)36-22-19-24-38(49)44(36)51/h6-7,9-10,17-20,22-29,33,49-52H,2-5,8,11-16,21,30-32H2,1H3/b7-6-,10-9-. The Hall–Kier alpha value is -6.23. The minimum atomic E-state index is -0.937. The molecule has 4 rings (SSSR count). The Labute approximate surface area is 340 Å². The zero-order chi connectivity index (χ0) is 41.5. The normalized spacial score (nSPS) is 11.2. The minimum absolute atomic E-state index is 0.0120. The fourth-order valence-corrected chi connectivity index (χ4v) is 5.97. The third-order valence-corrected chi connectivity index (χ3v) is 9.14. The number of unbranched alkanes of at least 4 members (excludes halogenated alkanes) is 8. The van der Waals surface area contributed by atoms with Gasteiger partial charge in [0.1, 0.15) is 30.1 Å². The summed E-state index contributed by atoms with van der Waals surface area (Å²) in [6.07, 6.45) is 21.7. The molecule has 0 aliphatic carbocycles. The van der Waals surface area contributed by atoms with Crippen molar-refractivity contribution in [2.75, 3.05) is 13.2 Å². The van der Waals surface area contributed by atoms with E-state index in [2.05, 4.69) is 31.2 Å². The number of aromatic hydroxyl groups is 4. The summed E-state index contributed by atoms with van der Waals surface area (Å²) in [5, 5.41) is 39.9. The van der Waals surface area contributed by atoms with Crippen LogP contribution in [0.1, 0.15) is 110 Å². The van der Waals surface area contributed by atoms with E-state index in [1.807, 2.05) is 0 Å². The number of ether oxygens (including phenoxy) is 4. The molecule has 0 heterocycles.